The first-order valence-corrected chi connectivity index (χ1v) is 9.85. The van der Waals surface area contributed by atoms with E-state index in [2.05, 4.69) is 64.9 Å². The molecule has 0 atom stereocenters. The number of hydrogen-bond acceptors (Lipinski definition) is 6. The molecule has 1 aliphatic heterocycles. The monoisotopic (exact) mass is 392 g/mol. The van der Waals surface area contributed by atoms with E-state index in [-0.39, 0.29) is 19.3 Å². The van der Waals surface area contributed by atoms with E-state index >= 15 is 0 Å². The molecular formula is C17H24N6Se. The van der Waals surface area contributed by atoms with Crippen LogP contribution in [-0.4, -0.2) is 68.0 Å². The zero-order chi connectivity index (χ0) is 17.2. The van der Waals surface area contributed by atoms with Gasteiger partial charge in [-0.05, 0) is 0 Å². The van der Waals surface area contributed by atoms with Crippen LogP contribution in [0.3, 0.4) is 0 Å². The Morgan fingerprint density at radius 1 is 1.00 bits per heavy atom. The maximum absolute atomic E-state index is 5.99. The van der Waals surface area contributed by atoms with E-state index in [0.717, 1.165) is 32.0 Å². The molecule has 0 spiro atoms. The number of piperazine rings is 1. The first-order chi connectivity index (χ1) is 11.4. The van der Waals surface area contributed by atoms with Gasteiger partial charge >= 0.3 is 149 Å². The van der Waals surface area contributed by atoms with Gasteiger partial charge in [-0.25, -0.2) is 0 Å². The Balaban J connectivity index is 1.84. The molecule has 0 aliphatic carbocycles. The summed E-state index contributed by atoms with van der Waals surface area (Å²) < 4.78 is 1.18. The zero-order valence-electron chi connectivity index (χ0n) is 14.4. The van der Waals surface area contributed by atoms with Gasteiger partial charge in [-0.1, -0.05) is 0 Å². The van der Waals surface area contributed by atoms with Crippen LogP contribution in [0.2, 0.25) is 0 Å². The number of nitrogen functional groups attached to an aromatic ring is 1. The second-order valence-electron chi connectivity index (χ2n) is 6.53. The quantitative estimate of drug-likeness (QED) is 0.765. The number of benzene rings is 1. The molecule has 1 aromatic heterocycles. The van der Waals surface area contributed by atoms with Crippen LogP contribution in [0.25, 0.3) is 0 Å². The van der Waals surface area contributed by atoms with Gasteiger partial charge in [-0.15, -0.1) is 0 Å². The van der Waals surface area contributed by atoms with Crippen LogP contribution >= 0.6 is 0 Å². The van der Waals surface area contributed by atoms with Gasteiger partial charge < -0.3 is 0 Å². The molecule has 0 radical (unpaired) electrons. The molecule has 1 aromatic carbocycles. The van der Waals surface area contributed by atoms with E-state index in [1.807, 2.05) is 6.07 Å². The Kier molecular flexibility index (Phi) is 5.04. The summed E-state index contributed by atoms with van der Waals surface area (Å²) in [6.07, 6.45) is 0. The average Bonchev–Trinajstić information content (AvgIpc) is 2.55. The van der Waals surface area contributed by atoms with Crippen molar-refractivity contribution in [1.29, 1.82) is 0 Å². The summed E-state index contributed by atoms with van der Waals surface area (Å²) in [5.41, 5.74) is 5.99. The van der Waals surface area contributed by atoms with Crippen LogP contribution in [0.4, 0.5) is 11.9 Å². The number of rotatable bonds is 4. The fraction of sp³-hybridized carbons (Fsp3) is 0.471. The summed E-state index contributed by atoms with van der Waals surface area (Å²) in [7, 11) is 2.13. The van der Waals surface area contributed by atoms with Gasteiger partial charge in [0, 0.05) is 0 Å². The summed E-state index contributed by atoms with van der Waals surface area (Å²) in [6, 6.07) is 10.5. The van der Waals surface area contributed by atoms with Crippen molar-refractivity contribution >= 4 is 31.3 Å². The molecule has 0 saturated carbocycles. The first kappa shape index (κ1) is 17.1. The van der Waals surface area contributed by atoms with Gasteiger partial charge in [-0.3, -0.25) is 0 Å². The minimum atomic E-state index is -0.146. The molecule has 7 heteroatoms. The third kappa shape index (κ3) is 4.04. The predicted molar refractivity (Wildman–Crippen MR) is 98.8 cm³/mol. The van der Waals surface area contributed by atoms with Gasteiger partial charge in [0.2, 0.25) is 0 Å². The molecule has 6 nitrogen and oxygen atoms in total. The SMILES string of the molecule is CN1CCN(c2nc(N)nc(C(C)(C)[Se]c3ccccc3)n2)CC1. The first-order valence-electron chi connectivity index (χ1n) is 8.13. The van der Waals surface area contributed by atoms with Gasteiger partial charge in [0.25, 0.3) is 0 Å². The Labute approximate surface area is 149 Å². The number of likely N-dealkylation sites (N-methyl/N-ethyl adjacent to an activating group) is 1. The number of hydrogen-bond donors (Lipinski definition) is 1. The fourth-order valence-corrected chi connectivity index (χ4v) is 4.86. The molecule has 128 valence electrons. The fourth-order valence-electron chi connectivity index (χ4n) is 2.63. The Morgan fingerprint density at radius 2 is 1.67 bits per heavy atom. The Hall–Kier alpha value is -1.69. The Bertz CT molecular complexity index is 683. The van der Waals surface area contributed by atoms with Crippen molar-refractivity contribution in [3.05, 3.63) is 36.2 Å². The molecule has 0 unspecified atom stereocenters. The van der Waals surface area contributed by atoms with Crippen molar-refractivity contribution in [1.82, 2.24) is 19.9 Å². The van der Waals surface area contributed by atoms with E-state index in [0.29, 0.717) is 11.9 Å². The molecule has 1 saturated heterocycles. The van der Waals surface area contributed by atoms with Crippen LogP contribution in [0, 0.1) is 0 Å². The molecule has 1 fully saturated rings. The summed E-state index contributed by atoms with van der Waals surface area (Å²) in [6.45, 7) is 8.23. The van der Waals surface area contributed by atoms with E-state index in [4.69, 9.17) is 10.7 Å². The molecule has 2 aromatic rings. The third-order valence-corrected chi connectivity index (χ3v) is 6.60. The summed E-state index contributed by atoms with van der Waals surface area (Å²) in [4.78, 5) is 18.1. The van der Waals surface area contributed by atoms with E-state index in [1.165, 1.54) is 4.46 Å². The minimum absolute atomic E-state index is 0.146. The maximum atomic E-state index is 5.99. The van der Waals surface area contributed by atoms with Gasteiger partial charge in [0.15, 0.2) is 0 Å². The van der Waals surface area contributed by atoms with Crippen LogP contribution in [0.15, 0.2) is 30.3 Å². The van der Waals surface area contributed by atoms with Crippen LogP contribution in [0.5, 0.6) is 0 Å². The van der Waals surface area contributed by atoms with Crippen LogP contribution in [-0.2, 0) is 4.31 Å². The number of anilines is 2. The number of aromatic nitrogens is 3. The zero-order valence-corrected chi connectivity index (χ0v) is 16.1. The van der Waals surface area contributed by atoms with Crippen LogP contribution < -0.4 is 15.1 Å². The van der Waals surface area contributed by atoms with Crippen molar-refractivity contribution in [2.75, 3.05) is 43.9 Å². The second kappa shape index (κ2) is 7.05. The normalized spacial score (nSPS) is 16.4. The standard InChI is InChI=1S/C17H24N6Se/c1-17(2,24-13-7-5-4-6-8-13)14-19-15(18)21-16(20-14)23-11-9-22(3)10-12-23/h4-8H,9-12H2,1-3H3,(H2,18,19,20,21). The van der Waals surface area contributed by atoms with E-state index in [1.54, 1.807) is 0 Å². The van der Waals surface area contributed by atoms with E-state index < -0.39 is 0 Å². The predicted octanol–water partition coefficient (Wildman–Crippen LogP) is 0.470. The molecule has 3 rings (SSSR count). The number of nitrogens with two attached hydrogens (primary N) is 1. The van der Waals surface area contributed by atoms with Gasteiger partial charge in [-0.2, -0.15) is 0 Å². The summed E-state index contributed by atoms with van der Waals surface area (Å²) in [5, 5.41) is 0. The molecule has 0 bridgehead atoms. The summed E-state index contributed by atoms with van der Waals surface area (Å²) >= 11 is 0.210. The van der Waals surface area contributed by atoms with Crippen molar-refractivity contribution < 1.29 is 0 Å². The van der Waals surface area contributed by atoms with Crippen LogP contribution in [0.1, 0.15) is 19.7 Å². The Morgan fingerprint density at radius 3 is 2.33 bits per heavy atom. The summed E-state index contributed by atoms with van der Waals surface area (Å²) in [5.74, 6) is 1.81. The molecule has 0 amide bonds. The average molecular weight is 391 g/mol. The third-order valence-electron chi connectivity index (χ3n) is 4.08. The molecular weight excluding hydrogens is 367 g/mol. The van der Waals surface area contributed by atoms with Crippen molar-refractivity contribution in [2.45, 2.75) is 18.2 Å². The van der Waals surface area contributed by atoms with Crippen molar-refractivity contribution in [3.63, 3.8) is 0 Å². The molecule has 1 aliphatic rings. The van der Waals surface area contributed by atoms with Gasteiger partial charge in [0.1, 0.15) is 0 Å². The van der Waals surface area contributed by atoms with Crippen molar-refractivity contribution in [2.24, 2.45) is 0 Å². The molecule has 2 heterocycles. The molecule has 2 N–H and O–H groups in total. The second-order valence-corrected chi connectivity index (χ2v) is 10.1. The topological polar surface area (TPSA) is 71.2 Å². The number of nitrogens with zero attached hydrogens (tertiary/aromatic N) is 5. The van der Waals surface area contributed by atoms with Gasteiger partial charge in [0.05, 0.1) is 0 Å². The molecule has 24 heavy (non-hydrogen) atoms. The van der Waals surface area contributed by atoms with Crippen molar-refractivity contribution in [3.8, 4) is 0 Å². The van der Waals surface area contributed by atoms with E-state index in [9.17, 15) is 0 Å².